The van der Waals surface area contributed by atoms with Crippen molar-refractivity contribution in [2.75, 3.05) is 0 Å². The first-order valence-corrected chi connectivity index (χ1v) is 4.58. The molecule has 0 radical (unpaired) electrons. The summed E-state index contributed by atoms with van der Waals surface area (Å²) >= 11 is 0. The second-order valence-electron chi connectivity index (χ2n) is 3.37. The second kappa shape index (κ2) is 3.74. The Labute approximate surface area is 88.1 Å². The van der Waals surface area contributed by atoms with Gasteiger partial charge in [0.15, 0.2) is 0 Å². The molecule has 0 bridgehead atoms. The number of nitrogens with one attached hydrogen (secondary N) is 1. The van der Waals surface area contributed by atoms with E-state index in [0.717, 1.165) is 16.5 Å². The minimum absolute atomic E-state index is 0.0215. The predicted molar refractivity (Wildman–Crippen MR) is 57.6 cm³/mol. The van der Waals surface area contributed by atoms with Crippen LogP contribution in [0.25, 0.3) is 10.9 Å². The summed E-state index contributed by atoms with van der Waals surface area (Å²) in [5, 5.41) is 9.70. The third-order valence-electron chi connectivity index (χ3n) is 2.33. The van der Waals surface area contributed by atoms with Crippen LogP contribution >= 0.6 is 0 Å². The molecule has 4 heteroatoms. The van der Waals surface area contributed by atoms with Gasteiger partial charge in [-0.15, -0.1) is 0 Å². The highest BCUT2D eigenvalue weighted by atomic mass is 16.4. The largest absolute Gasteiger partial charge is 0.480 e. The van der Waals surface area contributed by atoms with Crippen molar-refractivity contribution in [1.82, 2.24) is 4.98 Å². The molecule has 2 aromatic rings. The Hall–Kier alpha value is -1.81. The average Bonchev–Trinajstić information content (AvgIpc) is 2.61. The number of carboxylic acids is 1. The number of carboxylic acid groups (broad SMARTS) is 1. The first-order valence-electron chi connectivity index (χ1n) is 5.08. The molecule has 1 aromatic carbocycles. The molecule has 0 aliphatic heterocycles. The lowest BCUT2D eigenvalue weighted by molar-refractivity contribution is -0.138. The van der Waals surface area contributed by atoms with Gasteiger partial charge in [0.2, 0.25) is 0 Å². The minimum atomic E-state index is -1.98. The van der Waals surface area contributed by atoms with Gasteiger partial charge in [0.25, 0.3) is 0 Å². The van der Waals surface area contributed by atoms with E-state index in [9.17, 15) is 4.79 Å². The molecule has 1 heterocycles. The van der Waals surface area contributed by atoms with Crippen LogP contribution in [0.2, 0.25) is 0 Å². The van der Waals surface area contributed by atoms with Gasteiger partial charge in [0.1, 0.15) is 6.02 Å². The maximum absolute atomic E-state index is 10.8. The van der Waals surface area contributed by atoms with E-state index in [1.54, 1.807) is 6.20 Å². The van der Waals surface area contributed by atoms with E-state index in [-0.39, 0.29) is 6.42 Å². The number of nitrogens with two attached hydrogens (primary N) is 1. The molecule has 0 spiro atoms. The molecule has 0 saturated heterocycles. The van der Waals surface area contributed by atoms with E-state index in [0.29, 0.717) is 0 Å². The normalized spacial score (nSPS) is 15.9. The molecule has 78 valence electrons. The van der Waals surface area contributed by atoms with Crippen LogP contribution < -0.4 is 5.73 Å². The van der Waals surface area contributed by atoms with Crippen LogP contribution in [0.1, 0.15) is 6.93 Å². The Balaban J connectivity index is 2.38. The third-order valence-corrected chi connectivity index (χ3v) is 2.33. The number of rotatable bonds is 3. The monoisotopic (exact) mass is 205 g/mol. The number of carbonyl (C=O) groups is 1. The lowest BCUT2D eigenvalue weighted by Crippen LogP contribution is -2.32. The number of para-hydroxylation sites is 1. The Kier molecular flexibility index (Phi) is 2.12. The highest BCUT2D eigenvalue weighted by Gasteiger charge is 2.14. The molecular weight excluding hydrogens is 192 g/mol. The van der Waals surface area contributed by atoms with Gasteiger partial charge in [-0.05, 0) is 11.6 Å². The second-order valence-corrected chi connectivity index (χ2v) is 3.37. The molecular formula is C11H12N2O2. The van der Waals surface area contributed by atoms with Crippen LogP contribution in [0.5, 0.6) is 0 Å². The number of hydrogen-bond acceptors (Lipinski definition) is 2. The maximum Gasteiger partial charge on any atom is 0.320 e. The van der Waals surface area contributed by atoms with Crippen molar-refractivity contribution in [2.24, 2.45) is 5.73 Å². The fourth-order valence-corrected chi connectivity index (χ4v) is 1.56. The number of aromatic nitrogens is 1. The molecule has 4 N–H and O–H groups in total. The van der Waals surface area contributed by atoms with Crippen molar-refractivity contribution in [2.45, 2.75) is 12.4 Å². The zero-order chi connectivity index (χ0) is 11.8. The summed E-state index contributed by atoms with van der Waals surface area (Å²) in [5.41, 5.74) is 7.06. The molecule has 0 aliphatic carbocycles. The molecule has 0 saturated carbocycles. The lowest BCUT2D eigenvalue weighted by atomic mass is 10.1. The maximum atomic E-state index is 10.8. The third kappa shape index (κ3) is 1.85. The van der Waals surface area contributed by atoms with Gasteiger partial charge in [0, 0.05) is 23.5 Å². The quantitative estimate of drug-likeness (QED) is 0.702. The van der Waals surface area contributed by atoms with E-state index in [2.05, 4.69) is 4.98 Å². The van der Waals surface area contributed by atoms with Gasteiger partial charge >= 0.3 is 5.97 Å². The van der Waals surface area contributed by atoms with Crippen molar-refractivity contribution in [3.05, 3.63) is 36.0 Å². The number of aliphatic carboxylic acids is 1. The molecule has 0 unspecified atom stereocenters. The van der Waals surface area contributed by atoms with Crippen LogP contribution in [0.3, 0.4) is 0 Å². The van der Waals surface area contributed by atoms with Crippen molar-refractivity contribution in [3.63, 3.8) is 0 Å². The van der Waals surface area contributed by atoms with Crippen molar-refractivity contribution in [1.29, 1.82) is 0 Å². The SMILES string of the molecule is [2H][C@@](N)(Cc1c[nH]c2ccccc12)C(=O)O. The molecule has 1 aromatic heterocycles. The van der Waals surface area contributed by atoms with Gasteiger partial charge in [-0.25, -0.2) is 0 Å². The smallest absolute Gasteiger partial charge is 0.320 e. The van der Waals surface area contributed by atoms with E-state index in [1.807, 2.05) is 24.3 Å². The molecule has 4 nitrogen and oxygen atoms in total. The summed E-state index contributed by atoms with van der Waals surface area (Å²) in [6.07, 6.45) is 1.68. The molecule has 2 rings (SSSR count). The molecule has 0 fully saturated rings. The summed E-state index contributed by atoms with van der Waals surface area (Å²) in [7, 11) is 0. The Morgan fingerprint density at radius 2 is 2.33 bits per heavy atom. The fourth-order valence-electron chi connectivity index (χ4n) is 1.56. The van der Waals surface area contributed by atoms with Crippen LogP contribution in [0, 0.1) is 0 Å². The van der Waals surface area contributed by atoms with E-state index >= 15 is 0 Å². The van der Waals surface area contributed by atoms with Gasteiger partial charge < -0.3 is 15.8 Å². The standard InChI is InChI=1S/C11H12N2O2/c12-9(11(14)15)5-7-6-13-10-4-2-1-3-8(7)10/h1-4,6,9,13H,5,12H2,(H,14,15)/t9-/m1/s1/i9D. The summed E-state index contributed by atoms with van der Waals surface area (Å²) in [6, 6.07) is 5.53. The zero-order valence-corrected chi connectivity index (χ0v) is 8.03. The molecule has 0 amide bonds. The summed E-state index contributed by atoms with van der Waals surface area (Å²) in [4.78, 5) is 13.8. The fraction of sp³-hybridized carbons (Fsp3) is 0.182. The summed E-state index contributed by atoms with van der Waals surface area (Å²) in [5.74, 6) is -1.32. The average molecular weight is 205 g/mol. The van der Waals surface area contributed by atoms with E-state index in [4.69, 9.17) is 12.2 Å². The van der Waals surface area contributed by atoms with Gasteiger partial charge in [-0.2, -0.15) is 0 Å². The van der Waals surface area contributed by atoms with Gasteiger partial charge in [-0.1, -0.05) is 18.2 Å². The molecule has 15 heavy (non-hydrogen) atoms. The Bertz CT molecular complexity index is 534. The lowest BCUT2D eigenvalue weighted by Gasteiger charge is -2.04. The topological polar surface area (TPSA) is 79.1 Å². The van der Waals surface area contributed by atoms with E-state index < -0.39 is 12.0 Å². The number of aromatic amines is 1. The van der Waals surface area contributed by atoms with Crippen LogP contribution in [-0.4, -0.2) is 22.1 Å². The first kappa shape index (κ1) is 8.49. The molecule has 0 aliphatic rings. The highest BCUT2D eigenvalue weighted by Crippen LogP contribution is 2.18. The Morgan fingerprint density at radius 3 is 3.07 bits per heavy atom. The molecule has 1 atom stereocenters. The number of fused-ring (bicyclic) bond motifs is 1. The highest BCUT2D eigenvalue weighted by molar-refractivity contribution is 5.84. The van der Waals surface area contributed by atoms with Gasteiger partial charge in [0.05, 0.1) is 1.37 Å². The van der Waals surface area contributed by atoms with Gasteiger partial charge in [-0.3, -0.25) is 4.79 Å². The van der Waals surface area contributed by atoms with Crippen LogP contribution in [0.4, 0.5) is 0 Å². The number of benzene rings is 1. The number of hydrogen-bond donors (Lipinski definition) is 3. The summed E-state index contributed by atoms with van der Waals surface area (Å²) < 4.78 is 7.50. The summed E-state index contributed by atoms with van der Waals surface area (Å²) in [6.45, 7) is 0. The van der Waals surface area contributed by atoms with Crippen molar-refractivity contribution < 1.29 is 11.3 Å². The van der Waals surface area contributed by atoms with Crippen molar-refractivity contribution >= 4 is 16.9 Å². The Morgan fingerprint density at radius 1 is 1.60 bits per heavy atom. The minimum Gasteiger partial charge on any atom is -0.480 e. The zero-order valence-electron chi connectivity index (χ0n) is 9.03. The first-order chi connectivity index (χ1) is 7.50. The van der Waals surface area contributed by atoms with E-state index in [1.165, 1.54) is 0 Å². The van der Waals surface area contributed by atoms with Crippen LogP contribution in [-0.2, 0) is 11.2 Å². The number of H-pyrrole nitrogens is 1. The van der Waals surface area contributed by atoms with Crippen LogP contribution in [0.15, 0.2) is 30.5 Å². The van der Waals surface area contributed by atoms with Crippen molar-refractivity contribution in [3.8, 4) is 0 Å². The predicted octanol–water partition coefficient (Wildman–Crippen LogP) is 1.12.